The Bertz CT molecular complexity index is 1180. The van der Waals surface area contributed by atoms with Crippen molar-refractivity contribution in [3.05, 3.63) is 47.3 Å². The number of carbonyl (C=O) groups is 1. The molecule has 3 fully saturated rings. The Kier molecular flexibility index (Phi) is 4.90. The van der Waals surface area contributed by atoms with Crippen molar-refractivity contribution in [3.8, 4) is 11.4 Å². The van der Waals surface area contributed by atoms with E-state index in [-0.39, 0.29) is 34.5 Å². The number of hydrogen-bond donors (Lipinski definition) is 2. The number of fused-ring (bicyclic) bond motifs is 6. The lowest BCUT2D eigenvalue weighted by Crippen LogP contribution is -2.57. The van der Waals surface area contributed by atoms with Crippen LogP contribution >= 0.6 is 0 Å². The van der Waals surface area contributed by atoms with Gasteiger partial charge in [-0.2, -0.15) is 5.10 Å². The van der Waals surface area contributed by atoms with Gasteiger partial charge in [0, 0.05) is 24.6 Å². The fraction of sp³-hybridized carbons (Fsp3) is 0.586. The molecule has 4 aliphatic carbocycles. The Morgan fingerprint density at radius 2 is 2.06 bits per heavy atom. The van der Waals surface area contributed by atoms with E-state index in [4.69, 9.17) is 5.10 Å². The van der Waals surface area contributed by atoms with Crippen LogP contribution in [0.25, 0.3) is 11.8 Å². The van der Waals surface area contributed by atoms with E-state index in [9.17, 15) is 15.0 Å². The molecule has 4 aliphatic rings. The molecule has 1 aromatic carbocycles. The van der Waals surface area contributed by atoms with Crippen LogP contribution in [0.2, 0.25) is 0 Å². The molecule has 6 rings (SSSR count). The van der Waals surface area contributed by atoms with Crippen LogP contribution in [0.1, 0.15) is 70.6 Å². The SMILES string of the molecule is CCC(=O)[C@H]1CCC2C3CCC4=Cc5nn(-c6cccc(O)c6)cc5CC4(C)C3C(O)CC21C. The zero-order valence-electron chi connectivity index (χ0n) is 20.5. The van der Waals surface area contributed by atoms with Crippen molar-refractivity contribution in [3.63, 3.8) is 0 Å². The first kappa shape index (κ1) is 22.1. The summed E-state index contributed by atoms with van der Waals surface area (Å²) >= 11 is 0. The molecule has 5 nitrogen and oxygen atoms in total. The summed E-state index contributed by atoms with van der Waals surface area (Å²) in [6, 6.07) is 7.19. The molecular formula is C29H36N2O3. The summed E-state index contributed by atoms with van der Waals surface area (Å²) in [6.45, 7) is 6.64. The maximum atomic E-state index is 12.8. The van der Waals surface area contributed by atoms with Crippen molar-refractivity contribution in [2.24, 2.45) is 34.5 Å². The fourth-order valence-electron chi connectivity index (χ4n) is 8.73. The van der Waals surface area contributed by atoms with Crippen LogP contribution in [-0.4, -0.2) is 31.9 Å². The molecule has 0 spiro atoms. The third-order valence-electron chi connectivity index (χ3n) is 10.2. The van der Waals surface area contributed by atoms with Crippen LogP contribution in [0.15, 0.2) is 36.0 Å². The topological polar surface area (TPSA) is 75.4 Å². The number of phenolic OH excluding ortho intramolecular Hbond substituents is 1. The number of aliphatic hydroxyl groups is 1. The number of benzene rings is 1. The van der Waals surface area contributed by atoms with E-state index in [1.807, 2.05) is 23.7 Å². The number of hydrogen-bond acceptors (Lipinski definition) is 4. The van der Waals surface area contributed by atoms with Gasteiger partial charge in [-0.05, 0) is 90.9 Å². The quantitative estimate of drug-likeness (QED) is 0.650. The van der Waals surface area contributed by atoms with Crippen molar-refractivity contribution in [1.29, 1.82) is 0 Å². The normalized spacial score (nSPS) is 38.4. The molecule has 2 aromatic rings. The summed E-state index contributed by atoms with van der Waals surface area (Å²) in [6.07, 6.45) is 10.5. The largest absolute Gasteiger partial charge is 0.508 e. The van der Waals surface area contributed by atoms with E-state index in [1.165, 1.54) is 11.1 Å². The minimum absolute atomic E-state index is 0.0642. The second kappa shape index (κ2) is 7.55. The lowest BCUT2D eigenvalue weighted by Gasteiger charge is -2.59. The first-order chi connectivity index (χ1) is 16.2. The molecule has 0 amide bonds. The first-order valence-electron chi connectivity index (χ1n) is 13.0. The van der Waals surface area contributed by atoms with Crippen LogP contribution in [-0.2, 0) is 11.2 Å². The van der Waals surface area contributed by atoms with E-state index in [0.717, 1.165) is 49.9 Å². The minimum atomic E-state index is -0.382. The predicted molar refractivity (Wildman–Crippen MR) is 131 cm³/mol. The van der Waals surface area contributed by atoms with Gasteiger partial charge in [0.1, 0.15) is 11.5 Å². The number of rotatable bonds is 3. The molecule has 2 N–H and O–H groups in total. The summed E-state index contributed by atoms with van der Waals surface area (Å²) in [4.78, 5) is 12.8. The van der Waals surface area contributed by atoms with Crippen LogP contribution < -0.4 is 0 Å². The van der Waals surface area contributed by atoms with Crippen molar-refractivity contribution in [2.45, 2.75) is 71.8 Å². The Morgan fingerprint density at radius 3 is 2.82 bits per heavy atom. The molecule has 1 heterocycles. The van der Waals surface area contributed by atoms with Crippen LogP contribution in [0.4, 0.5) is 0 Å². The summed E-state index contributed by atoms with van der Waals surface area (Å²) in [5.74, 6) is 1.95. The highest BCUT2D eigenvalue weighted by Gasteiger charge is 2.62. The molecule has 0 saturated heterocycles. The van der Waals surface area contributed by atoms with Gasteiger partial charge in [-0.3, -0.25) is 4.79 Å². The summed E-state index contributed by atoms with van der Waals surface area (Å²) in [7, 11) is 0. The molecule has 0 bridgehead atoms. The van der Waals surface area contributed by atoms with Gasteiger partial charge in [-0.25, -0.2) is 4.68 Å². The third kappa shape index (κ3) is 3.02. The predicted octanol–water partition coefficient (Wildman–Crippen LogP) is 5.33. The Morgan fingerprint density at radius 1 is 1.24 bits per heavy atom. The maximum Gasteiger partial charge on any atom is 0.136 e. The van der Waals surface area contributed by atoms with Crippen molar-refractivity contribution in [2.75, 3.05) is 0 Å². The Labute approximate surface area is 201 Å². The summed E-state index contributed by atoms with van der Waals surface area (Å²) in [5.41, 5.74) is 4.34. The molecule has 7 atom stereocenters. The second-order valence-electron chi connectivity index (χ2n) is 11.8. The van der Waals surface area contributed by atoms with Crippen molar-refractivity contribution in [1.82, 2.24) is 9.78 Å². The number of aromatic hydroxyl groups is 1. The lowest BCUT2D eigenvalue weighted by molar-refractivity contribution is -0.141. The Balaban J connectivity index is 1.34. The molecule has 0 aliphatic heterocycles. The number of carbonyl (C=O) groups excluding carboxylic acids is 1. The average molecular weight is 461 g/mol. The zero-order valence-corrected chi connectivity index (χ0v) is 20.5. The lowest BCUT2D eigenvalue weighted by atomic mass is 9.46. The number of allylic oxidation sites excluding steroid dienone is 1. The van der Waals surface area contributed by atoms with Gasteiger partial charge in [-0.1, -0.05) is 32.4 Å². The van der Waals surface area contributed by atoms with Gasteiger partial charge in [0.05, 0.1) is 17.5 Å². The number of ketones is 1. The number of aromatic nitrogens is 2. The smallest absolute Gasteiger partial charge is 0.136 e. The molecule has 34 heavy (non-hydrogen) atoms. The number of Topliss-reactive ketones (excluding diaryl/α,β-unsaturated/α-hetero) is 1. The highest BCUT2D eigenvalue weighted by atomic mass is 16.3. The molecule has 180 valence electrons. The summed E-state index contributed by atoms with van der Waals surface area (Å²) in [5, 5.41) is 26.4. The van der Waals surface area contributed by atoms with Gasteiger partial charge >= 0.3 is 0 Å². The van der Waals surface area contributed by atoms with Crippen LogP contribution in [0.5, 0.6) is 5.75 Å². The van der Waals surface area contributed by atoms with Gasteiger partial charge in [0.2, 0.25) is 0 Å². The van der Waals surface area contributed by atoms with Gasteiger partial charge in [0.25, 0.3) is 0 Å². The standard InChI is InChI=1S/C29H36N2O3/c1-4-25(33)23-11-10-22-21-9-8-18-12-24-17(16-31(30-24)19-6-5-7-20(32)13-19)14-28(18,2)27(21)26(34)15-29(22,23)3/h5-7,12-13,16,21-23,26-27,32,34H,4,8-11,14-15H2,1-3H3/t21?,22?,23-,26?,27?,28?,29?/m1/s1. The van der Waals surface area contributed by atoms with E-state index < -0.39 is 0 Å². The van der Waals surface area contributed by atoms with E-state index >= 15 is 0 Å². The molecule has 5 heteroatoms. The third-order valence-corrected chi connectivity index (χ3v) is 10.2. The zero-order chi connectivity index (χ0) is 23.8. The van der Waals surface area contributed by atoms with Crippen molar-refractivity contribution < 1.29 is 15.0 Å². The van der Waals surface area contributed by atoms with Gasteiger partial charge < -0.3 is 10.2 Å². The average Bonchev–Trinajstić information content (AvgIpc) is 3.36. The fourth-order valence-corrected chi connectivity index (χ4v) is 8.73. The highest BCUT2D eigenvalue weighted by molar-refractivity contribution is 5.82. The molecule has 1 aromatic heterocycles. The van der Waals surface area contributed by atoms with Gasteiger partial charge in [-0.15, -0.1) is 0 Å². The van der Waals surface area contributed by atoms with E-state index in [2.05, 4.69) is 26.1 Å². The summed E-state index contributed by atoms with van der Waals surface area (Å²) < 4.78 is 1.87. The van der Waals surface area contributed by atoms with Gasteiger partial charge in [0.15, 0.2) is 0 Å². The number of nitrogens with zero attached hydrogens (tertiary/aromatic N) is 2. The maximum absolute atomic E-state index is 12.8. The first-order valence-corrected chi connectivity index (χ1v) is 13.0. The molecule has 3 saturated carbocycles. The second-order valence-corrected chi connectivity index (χ2v) is 11.8. The van der Waals surface area contributed by atoms with E-state index in [1.54, 1.807) is 12.1 Å². The molecular weight excluding hydrogens is 424 g/mol. The molecule has 0 radical (unpaired) electrons. The Hall–Kier alpha value is -2.40. The number of phenols is 1. The van der Waals surface area contributed by atoms with Crippen LogP contribution in [0.3, 0.4) is 0 Å². The monoisotopic (exact) mass is 460 g/mol. The van der Waals surface area contributed by atoms with Crippen molar-refractivity contribution >= 4 is 11.9 Å². The molecule has 6 unspecified atom stereocenters. The number of aliphatic hydroxyl groups excluding tert-OH is 1. The highest BCUT2D eigenvalue weighted by Crippen LogP contribution is 2.66. The van der Waals surface area contributed by atoms with Crippen LogP contribution in [0, 0.1) is 34.5 Å². The minimum Gasteiger partial charge on any atom is -0.508 e. The van der Waals surface area contributed by atoms with E-state index in [0.29, 0.717) is 24.0 Å².